The van der Waals surface area contributed by atoms with Gasteiger partial charge >= 0.3 is 0 Å². The molecule has 1 amide bonds. The maximum absolute atomic E-state index is 12.7. The number of hydrogen-bond acceptors (Lipinski definition) is 5. The Morgan fingerprint density at radius 2 is 1.79 bits per heavy atom. The quantitative estimate of drug-likeness (QED) is 0.208. The van der Waals surface area contributed by atoms with Gasteiger partial charge in [-0.2, -0.15) is 9.61 Å². The Hall–Kier alpha value is -4.43. The highest BCUT2D eigenvalue weighted by Gasteiger charge is 2.15. The number of halogens is 1. The Kier molecular flexibility index (Phi) is 6.85. The lowest BCUT2D eigenvalue weighted by molar-refractivity contribution is -0.119. The first kappa shape index (κ1) is 24.9. The van der Waals surface area contributed by atoms with E-state index in [1.807, 2.05) is 42.5 Å². The predicted molar refractivity (Wildman–Crippen MR) is 157 cm³/mol. The van der Waals surface area contributed by atoms with Gasteiger partial charge in [0.15, 0.2) is 5.65 Å². The number of para-hydroxylation sites is 1. The van der Waals surface area contributed by atoms with Gasteiger partial charge in [-0.15, -0.1) is 0 Å². The number of nitrogens with zero attached hydrogens (tertiary/aromatic N) is 3. The molecule has 0 atom stereocenters. The molecule has 194 valence electrons. The number of fused-ring (bicyclic) bond motifs is 2. The molecule has 1 aliphatic rings. The van der Waals surface area contributed by atoms with Crippen LogP contribution in [-0.2, 0) is 11.2 Å². The van der Waals surface area contributed by atoms with Crippen molar-refractivity contribution in [1.82, 2.24) is 19.9 Å². The molecule has 2 heterocycles. The van der Waals surface area contributed by atoms with Gasteiger partial charge in [-0.3, -0.25) is 4.79 Å². The number of phenols is 1. The van der Waals surface area contributed by atoms with Crippen LogP contribution in [0.4, 0.5) is 5.82 Å². The van der Waals surface area contributed by atoms with Crippen molar-refractivity contribution in [2.75, 3.05) is 11.9 Å². The molecule has 0 saturated heterocycles. The summed E-state index contributed by atoms with van der Waals surface area (Å²) in [6.07, 6.45) is 7.69. The fourth-order valence-corrected chi connectivity index (χ4v) is 5.13. The summed E-state index contributed by atoms with van der Waals surface area (Å²) in [4.78, 5) is 17.4. The van der Waals surface area contributed by atoms with Gasteiger partial charge in [-0.25, -0.2) is 4.98 Å². The van der Waals surface area contributed by atoms with Crippen LogP contribution in [0.5, 0.6) is 5.75 Å². The van der Waals surface area contributed by atoms with E-state index in [0.29, 0.717) is 29.9 Å². The van der Waals surface area contributed by atoms with E-state index in [0.717, 1.165) is 39.8 Å². The lowest BCUT2D eigenvalue weighted by Crippen LogP contribution is -2.25. The molecule has 8 heteroatoms. The number of benzene rings is 3. The number of carbonyl (C=O) groups is 1. The van der Waals surface area contributed by atoms with E-state index in [2.05, 4.69) is 62.0 Å². The highest BCUT2D eigenvalue weighted by Crippen LogP contribution is 2.31. The zero-order valence-corrected chi connectivity index (χ0v) is 22.6. The number of anilines is 1. The van der Waals surface area contributed by atoms with E-state index >= 15 is 0 Å². The molecule has 5 aromatic rings. The first-order valence-corrected chi connectivity index (χ1v) is 13.6. The van der Waals surface area contributed by atoms with Crippen molar-refractivity contribution in [2.24, 2.45) is 0 Å². The SMILES string of the molecule is O=C(Cc1ccc2ccccc2c1)NC1=CC=C(CNc2cc(-c3ccccc3O)nc3c(Br)cnn23)CC1. The maximum Gasteiger partial charge on any atom is 0.228 e. The van der Waals surface area contributed by atoms with Crippen molar-refractivity contribution in [1.29, 1.82) is 0 Å². The fraction of sp³-hybridized carbons (Fsp3) is 0.129. The van der Waals surface area contributed by atoms with Crippen LogP contribution in [0.25, 0.3) is 27.7 Å². The molecule has 0 aliphatic heterocycles. The van der Waals surface area contributed by atoms with Crippen LogP contribution < -0.4 is 10.6 Å². The molecular formula is C31H26BrN5O2. The lowest BCUT2D eigenvalue weighted by Gasteiger charge is -2.17. The average molecular weight is 580 g/mol. The Morgan fingerprint density at radius 3 is 2.62 bits per heavy atom. The second kappa shape index (κ2) is 10.7. The molecule has 0 fully saturated rings. The second-order valence-electron chi connectivity index (χ2n) is 9.55. The zero-order valence-electron chi connectivity index (χ0n) is 21.1. The Morgan fingerprint density at radius 1 is 0.974 bits per heavy atom. The van der Waals surface area contributed by atoms with E-state index in [1.54, 1.807) is 22.8 Å². The Bertz CT molecular complexity index is 1770. The van der Waals surface area contributed by atoms with Crippen molar-refractivity contribution in [3.8, 4) is 17.0 Å². The summed E-state index contributed by atoms with van der Waals surface area (Å²) >= 11 is 3.52. The third kappa shape index (κ3) is 5.42. The van der Waals surface area contributed by atoms with Gasteiger partial charge in [0, 0.05) is 23.9 Å². The molecule has 3 aromatic carbocycles. The minimum absolute atomic E-state index is 0.00774. The molecule has 39 heavy (non-hydrogen) atoms. The summed E-state index contributed by atoms with van der Waals surface area (Å²) in [5.41, 5.74) is 5.10. The van der Waals surface area contributed by atoms with Crippen LogP contribution in [0.2, 0.25) is 0 Å². The number of allylic oxidation sites excluding steroid dienone is 3. The molecule has 0 bridgehead atoms. The molecule has 0 saturated carbocycles. The van der Waals surface area contributed by atoms with Crippen LogP contribution in [0.3, 0.4) is 0 Å². The summed E-state index contributed by atoms with van der Waals surface area (Å²) in [5.74, 6) is 0.932. The van der Waals surface area contributed by atoms with Gasteiger partial charge in [0.05, 0.1) is 22.8 Å². The number of phenolic OH excluding ortho intramolecular Hbond substituents is 1. The highest BCUT2D eigenvalue weighted by atomic mass is 79.9. The summed E-state index contributed by atoms with van der Waals surface area (Å²) in [6, 6.07) is 23.3. The van der Waals surface area contributed by atoms with Crippen LogP contribution in [0, 0.1) is 0 Å². The van der Waals surface area contributed by atoms with Gasteiger partial charge in [0.25, 0.3) is 0 Å². The number of hydrogen-bond donors (Lipinski definition) is 3. The van der Waals surface area contributed by atoms with E-state index < -0.39 is 0 Å². The van der Waals surface area contributed by atoms with Crippen LogP contribution in [0.1, 0.15) is 18.4 Å². The Labute approximate surface area is 234 Å². The van der Waals surface area contributed by atoms with E-state index in [1.165, 1.54) is 11.0 Å². The van der Waals surface area contributed by atoms with Crippen molar-refractivity contribution in [3.63, 3.8) is 0 Å². The molecule has 3 N–H and O–H groups in total. The second-order valence-corrected chi connectivity index (χ2v) is 10.4. The Balaban J connectivity index is 1.13. The smallest absolute Gasteiger partial charge is 0.228 e. The van der Waals surface area contributed by atoms with Crippen LogP contribution in [-0.4, -0.2) is 32.2 Å². The van der Waals surface area contributed by atoms with E-state index in [9.17, 15) is 9.90 Å². The van der Waals surface area contributed by atoms with Crippen molar-refractivity contribution >= 4 is 44.1 Å². The van der Waals surface area contributed by atoms with Gasteiger partial charge in [-0.1, -0.05) is 66.2 Å². The summed E-state index contributed by atoms with van der Waals surface area (Å²) < 4.78 is 2.51. The summed E-state index contributed by atoms with van der Waals surface area (Å²) in [7, 11) is 0. The monoisotopic (exact) mass is 579 g/mol. The summed E-state index contributed by atoms with van der Waals surface area (Å²) in [5, 5.41) is 23.7. The highest BCUT2D eigenvalue weighted by molar-refractivity contribution is 9.10. The zero-order chi connectivity index (χ0) is 26.8. The molecule has 0 spiro atoms. The molecule has 2 aromatic heterocycles. The summed E-state index contributed by atoms with van der Waals surface area (Å²) in [6.45, 7) is 0.617. The van der Waals surface area contributed by atoms with Crippen molar-refractivity contribution < 1.29 is 9.90 Å². The number of rotatable bonds is 7. The molecule has 6 rings (SSSR count). The van der Waals surface area contributed by atoms with Crippen LogP contribution >= 0.6 is 15.9 Å². The lowest BCUT2D eigenvalue weighted by atomic mass is 10.0. The number of aromatic hydroxyl groups is 1. The standard InChI is InChI=1S/C31H26BrN5O2/c32-26-19-34-37-29(17-27(36-31(26)37)25-7-3-4-8-28(25)38)33-18-20-10-13-24(14-11-20)35-30(39)16-21-9-12-22-5-1-2-6-23(22)15-21/h1-10,12-13,15,17,19,33,38H,11,14,16,18H2,(H,35,39). The molecule has 0 unspecified atom stereocenters. The first-order valence-electron chi connectivity index (χ1n) is 12.8. The van der Waals surface area contributed by atoms with Crippen molar-refractivity contribution in [2.45, 2.75) is 19.3 Å². The molecule has 0 radical (unpaired) electrons. The van der Waals surface area contributed by atoms with Gasteiger partial charge in [0.2, 0.25) is 5.91 Å². The third-order valence-electron chi connectivity index (χ3n) is 6.82. The van der Waals surface area contributed by atoms with Crippen LogP contribution in [0.15, 0.2) is 107 Å². The largest absolute Gasteiger partial charge is 0.507 e. The van der Waals surface area contributed by atoms with Crippen molar-refractivity contribution in [3.05, 3.63) is 112 Å². The molecular weight excluding hydrogens is 554 g/mol. The van der Waals surface area contributed by atoms with Gasteiger partial charge in [0.1, 0.15) is 11.6 Å². The fourth-order valence-electron chi connectivity index (χ4n) is 4.78. The molecule has 7 nitrogen and oxygen atoms in total. The maximum atomic E-state index is 12.7. The minimum atomic E-state index is -0.00774. The van der Waals surface area contributed by atoms with E-state index in [-0.39, 0.29) is 11.7 Å². The van der Waals surface area contributed by atoms with Gasteiger partial charge in [-0.05, 0) is 63.3 Å². The molecule has 1 aliphatic carbocycles. The topological polar surface area (TPSA) is 91.5 Å². The third-order valence-corrected chi connectivity index (χ3v) is 7.38. The first-order chi connectivity index (χ1) is 19.0. The number of nitrogens with one attached hydrogen (secondary N) is 2. The predicted octanol–water partition coefficient (Wildman–Crippen LogP) is 6.39. The number of carbonyl (C=O) groups excluding carboxylic acids is 1. The van der Waals surface area contributed by atoms with E-state index in [4.69, 9.17) is 4.98 Å². The average Bonchev–Trinajstić information content (AvgIpc) is 3.33. The minimum Gasteiger partial charge on any atom is -0.507 e. The number of amides is 1. The number of aromatic nitrogens is 3. The van der Waals surface area contributed by atoms with Gasteiger partial charge < -0.3 is 15.7 Å². The normalized spacial score (nSPS) is 13.3.